The van der Waals surface area contributed by atoms with Crippen LogP contribution in [-0.4, -0.2) is 46.3 Å². The highest BCUT2D eigenvalue weighted by Gasteiger charge is 2.29. The number of piperidine rings is 1. The summed E-state index contributed by atoms with van der Waals surface area (Å²) in [6, 6.07) is 13.9. The summed E-state index contributed by atoms with van der Waals surface area (Å²) < 4.78 is 9.19. The third-order valence-electron chi connectivity index (χ3n) is 7.22. The predicted octanol–water partition coefficient (Wildman–Crippen LogP) is 2.33. The number of aromatic nitrogens is 2. The summed E-state index contributed by atoms with van der Waals surface area (Å²) in [4.78, 5) is 27.4. The lowest BCUT2D eigenvalue weighted by atomic mass is 10.0. The van der Waals surface area contributed by atoms with Gasteiger partial charge in [-0.25, -0.2) is 0 Å². The molecule has 0 bridgehead atoms. The van der Waals surface area contributed by atoms with E-state index in [-0.39, 0.29) is 29.6 Å². The van der Waals surface area contributed by atoms with Gasteiger partial charge in [0.15, 0.2) is 0 Å². The molecule has 3 aromatic rings. The fraction of sp³-hybridized carbons (Fsp3) is 0.440. The second-order valence-corrected chi connectivity index (χ2v) is 9.25. The molecule has 0 unspecified atom stereocenters. The Balaban J connectivity index is 0.00000228. The van der Waals surface area contributed by atoms with Crippen LogP contribution in [0.5, 0.6) is 5.75 Å². The molecule has 33 heavy (non-hydrogen) atoms. The molecule has 174 valence electrons. The summed E-state index contributed by atoms with van der Waals surface area (Å²) in [5.74, 6) is 1.04. The number of pyridine rings is 2. The number of rotatable bonds is 5. The highest BCUT2D eigenvalue weighted by Crippen LogP contribution is 2.27. The predicted molar refractivity (Wildman–Crippen MR) is 131 cm³/mol. The van der Waals surface area contributed by atoms with E-state index in [0.29, 0.717) is 12.6 Å². The number of hydrogen-bond acceptors (Lipinski definition) is 5. The number of nitrogens with one attached hydrogen (secondary N) is 1. The largest absolute Gasteiger partial charge is 0.493 e. The standard InChI is InChI=1S/C25H28N4O3.ClH/c30-23-5-2-18-3-6-24(31)29-21(16-28(23)25(18)29)15-27-10-7-20(8-11-27)26-14-17-1-4-22-19(13-17)9-12-32-22;/h1-6,13,20-21,26H,7-12,14-16H2;1H/t21-;/m1./s1. The van der Waals surface area contributed by atoms with Crippen molar-refractivity contribution in [2.75, 3.05) is 26.2 Å². The second-order valence-electron chi connectivity index (χ2n) is 9.25. The van der Waals surface area contributed by atoms with Crippen molar-refractivity contribution in [2.24, 2.45) is 0 Å². The fourth-order valence-corrected chi connectivity index (χ4v) is 5.52. The molecule has 0 saturated carbocycles. The first-order valence-electron chi connectivity index (χ1n) is 11.6. The Hall–Kier alpha value is -2.61. The zero-order valence-corrected chi connectivity index (χ0v) is 19.4. The summed E-state index contributed by atoms with van der Waals surface area (Å²) in [7, 11) is 0. The maximum atomic E-state index is 12.6. The molecule has 1 fully saturated rings. The van der Waals surface area contributed by atoms with Gasteiger partial charge in [-0.2, -0.15) is 0 Å². The van der Waals surface area contributed by atoms with Crippen LogP contribution in [0.2, 0.25) is 0 Å². The Morgan fingerprint density at radius 1 is 1.00 bits per heavy atom. The topological polar surface area (TPSA) is 68.5 Å². The Morgan fingerprint density at radius 2 is 1.79 bits per heavy atom. The Morgan fingerprint density at radius 3 is 2.61 bits per heavy atom. The van der Waals surface area contributed by atoms with Crippen LogP contribution in [0.4, 0.5) is 0 Å². The summed E-state index contributed by atoms with van der Waals surface area (Å²) in [5, 5.41) is 4.67. The van der Waals surface area contributed by atoms with Gasteiger partial charge in [-0.1, -0.05) is 12.1 Å². The molecule has 0 aliphatic carbocycles. The molecule has 7 nitrogen and oxygen atoms in total. The summed E-state index contributed by atoms with van der Waals surface area (Å²) >= 11 is 0. The van der Waals surface area contributed by atoms with E-state index in [9.17, 15) is 9.59 Å². The van der Waals surface area contributed by atoms with Gasteiger partial charge >= 0.3 is 0 Å². The number of halogens is 1. The van der Waals surface area contributed by atoms with Gasteiger partial charge in [0.05, 0.1) is 12.6 Å². The van der Waals surface area contributed by atoms with E-state index in [1.165, 1.54) is 11.1 Å². The number of likely N-dealkylation sites (tertiary alicyclic amines) is 1. The molecule has 3 aliphatic heterocycles. The number of ether oxygens (including phenoxy) is 1. The molecule has 3 aliphatic rings. The Kier molecular flexibility index (Phi) is 6.03. The molecule has 0 amide bonds. The van der Waals surface area contributed by atoms with E-state index in [1.807, 2.05) is 16.7 Å². The van der Waals surface area contributed by atoms with E-state index in [4.69, 9.17) is 4.74 Å². The average molecular weight is 469 g/mol. The highest BCUT2D eigenvalue weighted by atomic mass is 35.5. The van der Waals surface area contributed by atoms with Crippen LogP contribution in [0, 0.1) is 0 Å². The van der Waals surface area contributed by atoms with Crippen LogP contribution in [0.15, 0.2) is 52.1 Å². The molecule has 1 atom stereocenters. The molecule has 2 aromatic heterocycles. The van der Waals surface area contributed by atoms with Crippen molar-refractivity contribution in [3.8, 4) is 5.75 Å². The zero-order valence-electron chi connectivity index (χ0n) is 18.5. The minimum absolute atomic E-state index is 0. The number of hydrogen-bond donors (Lipinski definition) is 1. The molecular weight excluding hydrogens is 440 g/mol. The number of fused-ring (bicyclic) bond motifs is 1. The summed E-state index contributed by atoms with van der Waals surface area (Å²) in [6.07, 6.45) is 3.19. The lowest BCUT2D eigenvalue weighted by molar-refractivity contribution is 0.171. The van der Waals surface area contributed by atoms with Crippen LogP contribution in [-0.2, 0) is 19.5 Å². The molecule has 1 aromatic carbocycles. The van der Waals surface area contributed by atoms with E-state index in [0.717, 1.165) is 68.8 Å². The first kappa shape index (κ1) is 22.2. The van der Waals surface area contributed by atoms with Crippen LogP contribution in [0.25, 0.3) is 11.0 Å². The fourth-order valence-electron chi connectivity index (χ4n) is 5.52. The summed E-state index contributed by atoms with van der Waals surface area (Å²) in [5.41, 5.74) is 3.36. The van der Waals surface area contributed by atoms with E-state index in [1.54, 1.807) is 16.7 Å². The van der Waals surface area contributed by atoms with Crippen LogP contribution < -0.4 is 21.2 Å². The van der Waals surface area contributed by atoms with Gasteiger partial charge in [-0.15, -0.1) is 12.4 Å². The quantitative estimate of drug-likeness (QED) is 0.622. The van der Waals surface area contributed by atoms with Crippen molar-refractivity contribution >= 4 is 23.4 Å². The maximum absolute atomic E-state index is 12.6. The Labute approximate surface area is 198 Å². The molecule has 1 saturated heterocycles. The minimum Gasteiger partial charge on any atom is -0.493 e. The molecule has 8 heteroatoms. The van der Waals surface area contributed by atoms with E-state index < -0.39 is 0 Å². The zero-order chi connectivity index (χ0) is 21.7. The van der Waals surface area contributed by atoms with Crippen LogP contribution in [0.3, 0.4) is 0 Å². The molecule has 1 N–H and O–H groups in total. The first-order chi connectivity index (χ1) is 15.7. The van der Waals surface area contributed by atoms with Gasteiger partial charge in [0.25, 0.3) is 11.1 Å². The number of benzene rings is 1. The lowest BCUT2D eigenvalue weighted by Gasteiger charge is -2.34. The number of nitrogens with zero attached hydrogens (tertiary/aromatic N) is 3. The minimum atomic E-state index is -0.0274. The monoisotopic (exact) mass is 468 g/mol. The highest BCUT2D eigenvalue weighted by molar-refractivity contribution is 5.85. The molecule has 6 rings (SSSR count). The van der Waals surface area contributed by atoms with Gasteiger partial charge in [0.1, 0.15) is 11.4 Å². The Bertz CT molecular complexity index is 1290. The first-order valence-corrected chi connectivity index (χ1v) is 11.6. The van der Waals surface area contributed by atoms with Gasteiger partial charge < -0.3 is 15.0 Å². The van der Waals surface area contributed by atoms with Crippen LogP contribution in [0.1, 0.15) is 30.0 Å². The van der Waals surface area contributed by atoms with Crippen molar-refractivity contribution in [3.05, 3.63) is 74.3 Å². The third kappa shape index (κ3) is 4.09. The maximum Gasteiger partial charge on any atom is 0.252 e. The van der Waals surface area contributed by atoms with Gasteiger partial charge in [-0.3, -0.25) is 18.7 Å². The van der Waals surface area contributed by atoms with E-state index >= 15 is 0 Å². The van der Waals surface area contributed by atoms with Crippen molar-refractivity contribution in [2.45, 2.75) is 44.4 Å². The van der Waals surface area contributed by atoms with Gasteiger partial charge in [0, 0.05) is 49.6 Å². The normalized spacial score (nSPS) is 19.9. The van der Waals surface area contributed by atoms with Crippen molar-refractivity contribution < 1.29 is 4.74 Å². The van der Waals surface area contributed by atoms with Crippen molar-refractivity contribution in [1.82, 2.24) is 19.4 Å². The molecule has 5 heterocycles. The van der Waals surface area contributed by atoms with Crippen LogP contribution >= 0.6 is 12.4 Å². The van der Waals surface area contributed by atoms with Crippen molar-refractivity contribution in [1.29, 1.82) is 0 Å². The molecule has 0 radical (unpaired) electrons. The summed E-state index contributed by atoms with van der Waals surface area (Å²) in [6.45, 7) is 5.07. The molecular formula is C25H29ClN4O3. The lowest BCUT2D eigenvalue weighted by Crippen LogP contribution is -2.44. The van der Waals surface area contributed by atoms with E-state index in [2.05, 4.69) is 28.4 Å². The SMILES string of the molecule is Cl.O=c1ccc2ccc(=O)n3c2n1C[C@H]3CN1CCC(NCc2ccc3c(c2)CCO3)CC1. The molecule has 0 spiro atoms. The van der Waals surface area contributed by atoms with Gasteiger partial charge in [-0.05, 0) is 55.3 Å². The third-order valence-corrected chi connectivity index (χ3v) is 7.22. The van der Waals surface area contributed by atoms with Gasteiger partial charge in [0.2, 0.25) is 0 Å². The smallest absolute Gasteiger partial charge is 0.252 e. The van der Waals surface area contributed by atoms with Crippen molar-refractivity contribution in [3.63, 3.8) is 0 Å². The average Bonchev–Trinajstić information content (AvgIpc) is 3.43. The second kappa shape index (κ2) is 8.97.